The van der Waals surface area contributed by atoms with Crippen LogP contribution in [0.2, 0.25) is 5.02 Å². The van der Waals surface area contributed by atoms with Crippen LogP contribution >= 0.6 is 11.6 Å². The molecule has 0 aromatic heterocycles. The Labute approximate surface area is 167 Å². The van der Waals surface area contributed by atoms with E-state index in [1.54, 1.807) is 42.5 Å². The van der Waals surface area contributed by atoms with Crippen molar-refractivity contribution in [3.8, 4) is 0 Å². The molecule has 0 bridgehead atoms. The Bertz CT molecular complexity index is 1030. The second-order valence-corrected chi connectivity index (χ2v) is 8.46. The zero-order chi connectivity index (χ0) is 20.3. The van der Waals surface area contributed by atoms with Gasteiger partial charge in [0.2, 0.25) is 0 Å². The zero-order valence-corrected chi connectivity index (χ0v) is 16.4. The van der Waals surface area contributed by atoms with Crippen LogP contribution in [0.3, 0.4) is 0 Å². The number of urea groups is 1. The Morgan fingerprint density at radius 2 is 1.75 bits per heavy atom. The Morgan fingerprint density at radius 3 is 2.36 bits per heavy atom. The van der Waals surface area contributed by atoms with Crippen LogP contribution in [0.25, 0.3) is 0 Å². The summed E-state index contributed by atoms with van der Waals surface area (Å²) >= 11 is 5.91. The molecule has 1 atom stereocenters. The molecular weight excluding hydrogens is 404 g/mol. The molecule has 9 heteroatoms. The quantitative estimate of drug-likeness (QED) is 0.724. The number of carbonyl (C=O) groups excluding carboxylic acids is 2. The van der Waals surface area contributed by atoms with Crippen LogP contribution in [0.15, 0.2) is 70.8 Å². The van der Waals surface area contributed by atoms with Gasteiger partial charge in [0.1, 0.15) is 0 Å². The highest BCUT2D eigenvalue weighted by atomic mass is 35.5. The Morgan fingerprint density at radius 1 is 1.11 bits per heavy atom. The molecule has 146 valence electrons. The first-order valence-corrected chi connectivity index (χ1v) is 10.3. The van der Waals surface area contributed by atoms with E-state index >= 15 is 0 Å². The first-order chi connectivity index (χ1) is 13.3. The van der Waals surface area contributed by atoms with E-state index in [2.05, 4.69) is 10.6 Å². The van der Waals surface area contributed by atoms with E-state index in [1.807, 2.05) is 0 Å². The van der Waals surface area contributed by atoms with Crippen LogP contribution in [0.4, 0.5) is 4.79 Å². The number of ether oxygens (including phenoxy) is 1. The molecule has 0 aliphatic carbocycles. The van der Waals surface area contributed by atoms with Gasteiger partial charge in [-0.3, -0.25) is 0 Å². The van der Waals surface area contributed by atoms with Gasteiger partial charge in [0.25, 0.3) is 0 Å². The van der Waals surface area contributed by atoms with Crippen LogP contribution in [0.5, 0.6) is 0 Å². The minimum Gasteiger partial charge on any atom is -0.466 e. The van der Waals surface area contributed by atoms with Crippen molar-refractivity contribution in [2.24, 2.45) is 0 Å². The van der Waals surface area contributed by atoms with Crippen LogP contribution in [0.1, 0.15) is 11.6 Å². The molecule has 1 aliphatic rings. The Balaban J connectivity index is 2.09. The SMILES string of the molecule is COC(=O)C1=C(CS(=O)(=O)c2ccccc2)NC(=O)N[C@H]1c1ccc(Cl)cc1. The van der Waals surface area contributed by atoms with Crippen molar-refractivity contribution in [1.29, 1.82) is 0 Å². The summed E-state index contributed by atoms with van der Waals surface area (Å²) in [6.07, 6.45) is 0. The minimum atomic E-state index is -3.80. The third-order valence-electron chi connectivity index (χ3n) is 4.20. The number of rotatable bonds is 5. The van der Waals surface area contributed by atoms with E-state index in [4.69, 9.17) is 16.3 Å². The van der Waals surface area contributed by atoms with E-state index in [1.165, 1.54) is 19.2 Å². The van der Waals surface area contributed by atoms with Gasteiger partial charge in [-0.25, -0.2) is 18.0 Å². The molecular formula is C19H17ClN2O5S. The second kappa shape index (κ2) is 8.04. The number of esters is 1. The molecule has 0 saturated heterocycles. The molecule has 0 radical (unpaired) electrons. The fourth-order valence-corrected chi connectivity index (χ4v) is 4.36. The van der Waals surface area contributed by atoms with E-state index in [0.717, 1.165) is 0 Å². The van der Waals surface area contributed by atoms with Crippen LogP contribution in [-0.2, 0) is 19.4 Å². The van der Waals surface area contributed by atoms with E-state index in [0.29, 0.717) is 10.6 Å². The Hall–Kier alpha value is -2.84. The van der Waals surface area contributed by atoms with Crippen molar-refractivity contribution >= 4 is 33.4 Å². The van der Waals surface area contributed by atoms with Crippen molar-refractivity contribution in [3.63, 3.8) is 0 Å². The monoisotopic (exact) mass is 420 g/mol. The van der Waals surface area contributed by atoms with E-state index in [9.17, 15) is 18.0 Å². The molecule has 2 N–H and O–H groups in total. The average molecular weight is 421 g/mol. The predicted octanol–water partition coefficient (Wildman–Crippen LogP) is 2.59. The maximum absolute atomic E-state index is 12.8. The van der Waals surface area contributed by atoms with Gasteiger partial charge in [0, 0.05) is 10.7 Å². The van der Waals surface area contributed by atoms with Crippen LogP contribution in [0, 0.1) is 0 Å². The third kappa shape index (κ3) is 4.18. The molecule has 2 aromatic rings. The van der Waals surface area contributed by atoms with Crippen molar-refractivity contribution < 1.29 is 22.7 Å². The van der Waals surface area contributed by atoms with Gasteiger partial charge in [0.15, 0.2) is 9.84 Å². The number of amides is 2. The average Bonchev–Trinajstić information content (AvgIpc) is 2.68. The third-order valence-corrected chi connectivity index (χ3v) is 6.11. The number of hydrogen-bond acceptors (Lipinski definition) is 5. The van der Waals surface area contributed by atoms with Gasteiger partial charge in [-0.2, -0.15) is 0 Å². The first kappa shape index (κ1) is 19.9. The molecule has 0 saturated carbocycles. The van der Waals surface area contributed by atoms with Crippen molar-refractivity contribution in [2.75, 3.05) is 12.9 Å². The number of methoxy groups -OCH3 is 1. The first-order valence-electron chi connectivity index (χ1n) is 8.24. The molecule has 2 amide bonds. The van der Waals surface area contributed by atoms with Crippen LogP contribution < -0.4 is 10.6 Å². The molecule has 0 fully saturated rings. The number of hydrogen-bond donors (Lipinski definition) is 2. The summed E-state index contributed by atoms with van der Waals surface area (Å²) in [5.41, 5.74) is 0.553. The molecule has 2 aromatic carbocycles. The minimum absolute atomic E-state index is 0.0175. The molecule has 7 nitrogen and oxygen atoms in total. The van der Waals surface area contributed by atoms with Gasteiger partial charge in [-0.15, -0.1) is 0 Å². The van der Waals surface area contributed by atoms with Crippen molar-refractivity contribution in [1.82, 2.24) is 10.6 Å². The highest BCUT2D eigenvalue weighted by Gasteiger charge is 2.35. The standard InChI is InChI=1S/C19H17ClN2O5S/c1-27-18(23)16-15(11-28(25,26)14-5-3-2-4-6-14)21-19(24)22-17(16)12-7-9-13(20)10-8-12/h2-10,17H,11H2,1H3,(H2,21,22,24)/t17-/m0/s1. The predicted molar refractivity (Wildman–Crippen MR) is 103 cm³/mol. The highest BCUT2D eigenvalue weighted by Crippen LogP contribution is 2.29. The summed E-state index contributed by atoms with van der Waals surface area (Å²) < 4.78 is 30.4. The summed E-state index contributed by atoms with van der Waals surface area (Å²) in [6.45, 7) is 0. The lowest BCUT2D eigenvalue weighted by molar-refractivity contribution is -0.136. The summed E-state index contributed by atoms with van der Waals surface area (Å²) in [5, 5.41) is 5.55. The summed E-state index contributed by atoms with van der Waals surface area (Å²) in [5.74, 6) is -1.30. The van der Waals surface area contributed by atoms with E-state index in [-0.39, 0.29) is 16.2 Å². The molecule has 0 unspecified atom stereocenters. The maximum atomic E-state index is 12.8. The number of halogens is 1. The summed E-state index contributed by atoms with van der Waals surface area (Å²) in [4.78, 5) is 24.7. The summed E-state index contributed by atoms with van der Waals surface area (Å²) in [7, 11) is -2.61. The van der Waals surface area contributed by atoms with Gasteiger partial charge in [-0.1, -0.05) is 41.9 Å². The smallest absolute Gasteiger partial charge is 0.338 e. The second-order valence-electron chi connectivity index (χ2n) is 6.04. The maximum Gasteiger partial charge on any atom is 0.338 e. The fourth-order valence-electron chi connectivity index (χ4n) is 2.89. The number of nitrogens with one attached hydrogen (secondary N) is 2. The molecule has 0 spiro atoms. The van der Waals surface area contributed by atoms with Gasteiger partial charge < -0.3 is 15.4 Å². The number of benzene rings is 2. The topological polar surface area (TPSA) is 102 Å². The van der Waals surface area contributed by atoms with Crippen molar-refractivity contribution in [2.45, 2.75) is 10.9 Å². The number of sulfone groups is 1. The van der Waals surface area contributed by atoms with Gasteiger partial charge >= 0.3 is 12.0 Å². The lowest BCUT2D eigenvalue weighted by Gasteiger charge is -2.29. The van der Waals surface area contributed by atoms with E-state index < -0.39 is 33.6 Å². The normalized spacial score (nSPS) is 16.9. The lowest BCUT2D eigenvalue weighted by Crippen LogP contribution is -2.47. The van der Waals surface area contributed by atoms with Crippen molar-refractivity contribution in [3.05, 3.63) is 76.5 Å². The molecule has 1 heterocycles. The zero-order valence-electron chi connectivity index (χ0n) is 14.8. The largest absolute Gasteiger partial charge is 0.466 e. The Kier molecular flexibility index (Phi) is 5.71. The molecule has 28 heavy (non-hydrogen) atoms. The number of carbonyl (C=O) groups is 2. The van der Waals surface area contributed by atoms with Gasteiger partial charge in [-0.05, 0) is 29.8 Å². The molecule has 3 rings (SSSR count). The van der Waals surface area contributed by atoms with Crippen LogP contribution in [-0.4, -0.2) is 33.3 Å². The van der Waals surface area contributed by atoms with Gasteiger partial charge in [0.05, 0.1) is 29.4 Å². The summed E-state index contributed by atoms with van der Waals surface area (Å²) in [6, 6.07) is 12.8. The molecule has 1 aliphatic heterocycles. The fraction of sp³-hybridized carbons (Fsp3) is 0.158. The lowest BCUT2D eigenvalue weighted by atomic mass is 9.95. The highest BCUT2D eigenvalue weighted by molar-refractivity contribution is 7.91.